The van der Waals surface area contributed by atoms with Crippen molar-refractivity contribution in [2.75, 3.05) is 11.9 Å². The van der Waals surface area contributed by atoms with E-state index in [1.54, 1.807) is 11.3 Å². The number of hydrogen-bond donors (Lipinski definition) is 1. The molecular formula is C20H24N6OS. The topological polar surface area (TPSA) is 85.7 Å². The van der Waals surface area contributed by atoms with Crippen LogP contribution in [0.4, 0.5) is 5.82 Å². The highest BCUT2D eigenvalue weighted by molar-refractivity contribution is 7.11. The molecule has 1 unspecified atom stereocenters. The van der Waals surface area contributed by atoms with E-state index in [-0.39, 0.29) is 0 Å². The van der Waals surface area contributed by atoms with Crippen LogP contribution in [-0.4, -0.2) is 31.8 Å². The molecule has 1 saturated carbocycles. The molecule has 1 N–H and O–H groups in total. The molecule has 8 heteroatoms. The van der Waals surface area contributed by atoms with Crippen molar-refractivity contribution >= 4 is 17.2 Å². The van der Waals surface area contributed by atoms with E-state index in [2.05, 4.69) is 56.4 Å². The molecule has 3 aromatic heterocycles. The summed E-state index contributed by atoms with van der Waals surface area (Å²) >= 11 is 1.62. The standard InChI is InChI=1S/C20H24N6OS/c1-4-19-25-26-20(28-19)10-22-17-8-18(24-13(3)23-17)27-11-14-7-15(14)16-6-5-12(2)9-21-16/h5-6,8-9,14-15H,4,7,10-11H2,1-3H3,(H,22,23,24)/t14-,15?/m1/s1. The molecule has 7 nitrogen and oxygen atoms in total. The maximum absolute atomic E-state index is 5.96. The van der Waals surface area contributed by atoms with Gasteiger partial charge in [0.1, 0.15) is 21.7 Å². The Morgan fingerprint density at radius 1 is 1.18 bits per heavy atom. The number of nitrogens with one attached hydrogen (secondary N) is 1. The monoisotopic (exact) mass is 396 g/mol. The molecule has 0 bridgehead atoms. The predicted molar refractivity (Wildman–Crippen MR) is 109 cm³/mol. The molecule has 0 saturated heterocycles. The lowest BCUT2D eigenvalue weighted by molar-refractivity contribution is 0.284. The van der Waals surface area contributed by atoms with Crippen LogP contribution < -0.4 is 10.1 Å². The number of nitrogens with zero attached hydrogens (tertiary/aromatic N) is 5. The van der Waals surface area contributed by atoms with Gasteiger partial charge in [0, 0.05) is 29.8 Å². The molecule has 3 aromatic rings. The average Bonchev–Trinajstić information content (AvgIpc) is 3.32. The van der Waals surface area contributed by atoms with Gasteiger partial charge in [0.2, 0.25) is 5.88 Å². The van der Waals surface area contributed by atoms with Crippen LogP contribution in [0.15, 0.2) is 24.4 Å². The molecule has 4 rings (SSSR count). The summed E-state index contributed by atoms with van der Waals surface area (Å²) in [5.41, 5.74) is 2.34. The fraction of sp³-hybridized carbons (Fsp3) is 0.450. The Balaban J connectivity index is 1.32. The Morgan fingerprint density at radius 3 is 2.79 bits per heavy atom. The van der Waals surface area contributed by atoms with E-state index in [1.165, 1.54) is 5.56 Å². The Morgan fingerprint density at radius 2 is 2.04 bits per heavy atom. The molecular weight excluding hydrogens is 372 g/mol. The van der Waals surface area contributed by atoms with Crippen molar-refractivity contribution in [1.29, 1.82) is 0 Å². The predicted octanol–water partition coefficient (Wildman–Crippen LogP) is 3.70. The van der Waals surface area contributed by atoms with Crippen molar-refractivity contribution in [1.82, 2.24) is 25.1 Å². The summed E-state index contributed by atoms with van der Waals surface area (Å²) in [6.07, 6.45) is 3.95. The van der Waals surface area contributed by atoms with Gasteiger partial charge in [0.15, 0.2) is 0 Å². The third-order valence-electron chi connectivity index (χ3n) is 4.73. The van der Waals surface area contributed by atoms with E-state index in [4.69, 9.17) is 4.74 Å². The highest BCUT2D eigenvalue weighted by Gasteiger charge is 2.40. The van der Waals surface area contributed by atoms with Crippen molar-refractivity contribution in [2.24, 2.45) is 5.92 Å². The fourth-order valence-corrected chi connectivity index (χ4v) is 3.78. The largest absolute Gasteiger partial charge is 0.477 e. The third-order valence-corrected chi connectivity index (χ3v) is 5.80. The second kappa shape index (κ2) is 8.18. The summed E-state index contributed by atoms with van der Waals surface area (Å²) in [7, 11) is 0. The number of rotatable bonds is 8. The minimum Gasteiger partial charge on any atom is -0.477 e. The third kappa shape index (κ3) is 4.62. The van der Waals surface area contributed by atoms with E-state index in [9.17, 15) is 0 Å². The lowest BCUT2D eigenvalue weighted by atomic mass is 10.2. The van der Waals surface area contributed by atoms with Crippen LogP contribution in [0.5, 0.6) is 5.88 Å². The molecule has 0 amide bonds. The zero-order chi connectivity index (χ0) is 19.5. The highest BCUT2D eigenvalue weighted by Crippen LogP contribution is 2.46. The van der Waals surface area contributed by atoms with Gasteiger partial charge in [-0.2, -0.15) is 4.98 Å². The highest BCUT2D eigenvalue weighted by atomic mass is 32.1. The van der Waals surface area contributed by atoms with Crippen molar-refractivity contribution < 1.29 is 4.74 Å². The molecule has 0 aliphatic heterocycles. The molecule has 0 radical (unpaired) electrons. The first-order valence-electron chi connectivity index (χ1n) is 9.57. The molecule has 2 atom stereocenters. The van der Waals surface area contributed by atoms with Crippen LogP contribution in [0.1, 0.15) is 46.4 Å². The number of hydrogen-bond acceptors (Lipinski definition) is 8. The van der Waals surface area contributed by atoms with Gasteiger partial charge in [-0.05, 0) is 38.3 Å². The van der Waals surface area contributed by atoms with Gasteiger partial charge in [-0.25, -0.2) is 4.98 Å². The van der Waals surface area contributed by atoms with E-state index in [0.717, 1.165) is 34.4 Å². The smallest absolute Gasteiger partial charge is 0.218 e. The summed E-state index contributed by atoms with van der Waals surface area (Å²) < 4.78 is 5.96. The van der Waals surface area contributed by atoms with Gasteiger partial charge in [0.05, 0.1) is 13.2 Å². The second-order valence-corrected chi connectivity index (χ2v) is 8.26. The maximum atomic E-state index is 5.96. The van der Waals surface area contributed by atoms with Crippen LogP contribution in [0, 0.1) is 19.8 Å². The van der Waals surface area contributed by atoms with Crippen molar-refractivity contribution in [3.63, 3.8) is 0 Å². The quantitative estimate of drug-likeness (QED) is 0.621. The molecule has 1 aliphatic carbocycles. The number of ether oxygens (including phenoxy) is 1. The van der Waals surface area contributed by atoms with E-state index in [0.29, 0.717) is 36.7 Å². The summed E-state index contributed by atoms with van der Waals surface area (Å²) in [5.74, 6) is 3.01. The fourth-order valence-electron chi connectivity index (χ4n) is 3.06. The molecule has 0 spiro atoms. The Hall–Kier alpha value is -2.61. The number of aryl methyl sites for hydroxylation is 3. The van der Waals surface area contributed by atoms with E-state index < -0.39 is 0 Å². The van der Waals surface area contributed by atoms with Gasteiger partial charge in [-0.3, -0.25) is 4.98 Å². The molecule has 1 fully saturated rings. The first-order chi connectivity index (χ1) is 13.6. The summed E-state index contributed by atoms with van der Waals surface area (Å²) in [6, 6.07) is 6.08. The second-order valence-electron chi connectivity index (χ2n) is 7.11. The molecule has 3 heterocycles. The zero-order valence-electron chi connectivity index (χ0n) is 16.3. The minimum absolute atomic E-state index is 0.492. The normalized spacial score (nSPS) is 18.1. The van der Waals surface area contributed by atoms with E-state index >= 15 is 0 Å². The summed E-state index contributed by atoms with van der Waals surface area (Å²) in [5, 5.41) is 13.6. The molecule has 146 valence electrons. The van der Waals surface area contributed by atoms with Crippen LogP contribution in [0.2, 0.25) is 0 Å². The van der Waals surface area contributed by atoms with Crippen LogP contribution in [-0.2, 0) is 13.0 Å². The molecule has 0 aromatic carbocycles. The summed E-state index contributed by atoms with van der Waals surface area (Å²) in [4.78, 5) is 13.4. The SMILES string of the molecule is CCc1nnc(CNc2cc(OC[C@H]3CC3c3ccc(C)cn3)nc(C)n2)s1. The van der Waals surface area contributed by atoms with Gasteiger partial charge >= 0.3 is 0 Å². The average molecular weight is 397 g/mol. The van der Waals surface area contributed by atoms with Crippen molar-refractivity contribution in [3.05, 3.63) is 51.5 Å². The van der Waals surface area contributed by atoms with Gasteiger partial charge < -0.3 is 10.1 Å². The lowest BCUT2D eigenvalue weighted by Gasteiger charge is -2.09. The van der Waals surface area contributed by atoms with Gasteiger partial charge in [-0.1, -0.05) is 24.3 Å². The number of aromatic nitrogens is 5. The minimum atomic E-state index is 0.492. The zero-order valence-corrected chi connectivity index (χ0v) is 17.2. The van der Waals surface area contributed by atoms with Gasteiger partial charge in [-0.15, -0.1) is 10.2 Å². The van der Waals surface area contributed by atoms with Crippen LogP contribution in [0.25, 0.3) is 0 Å². The van der Waals surface area contributed by atoms with Crippen LogP contribution >= 0.6 is 11.3 Å². The first-order valence-corrected chi connectivity index (χ1v) is 10.4. The lowest BCUT2D eigenvalue weighted by Crippen LogP contribution is -2.07. The molecule has 28 heavy (non-hydrogen) atoms. The Labute approximate surface area is 168 Å². The van der Waals surface area contributed by atoms with Crippen LogP contribution in [0.3, 0.4) is 0 Å². The molecule has 1 aliphatic rings. The number of pyridine rings is 1. The van der Waals surface area contributed by atoms with Crippen molar-refractivity contribution in [3.8, 4) is 5.88 Å². The first kappa shape index (κ1) is 18.7. The van der Waals surface area contributed by atoms with E-state index in [1.807, 2.05) is 19.2 Å². The Bertz CT molecular complexity index is 942. The Kier molecular flexibility index (Phi) is 5.47. The summed E-state index contributed by atoms with van der Waals surface area (Å²) in [6.45, 7) is 7.24. The maximum Gasteiger partial charge on any atom is 0.218 e. The van der Waals surface area contributed by atoms with Crippen molar-refractivity contribution in [2.45, 2.75) is 46.1 Å². The van der Waals surface area contributed by atoms with Gasteiger partial charge in [0.25, 0.3) is 0 Å². The number of anilines is 1.